The van der Waals surface area contributed by atoms with E-state index in [4.69, 9.17) is 25.7 Å². The van der Waals surface area contributed by atoms with Crippen molar-refractivity contribution in [3.05, 3.63) is 64.5 Å². The second-order valence-electron chi connectivity index (χ2n) is 4.78. The Morgan fingerprint density at radius 3 is 3.00 bits per heavy atom. The van der Waals surface area contributed by atoms with Gasteiger partial charge in [-0.15, -0.1) is 0 Å². The first-order valence-electron chi connectivity index (χ1n) is 6.91. The number of aromatic nitrogens is 1. The molecule has 2 aromatic rings. The lowest BCUT2D eigenvalue weighted by Crippen LogP contribution is -2.17. The Morgan fingerprint density at radius 2 is 2.23 bits per heavy atom. The van der Waals surface area contributed by atoms with E-state index in [0.29, 0.717) is 24.0 Å². The highest BCUT2D eigenvalue weighted by molar-refractivity contribution is 6.30. The molecule has 5 nitrogen and oxygen atoms in total. The molecular weight excluding hydrogens is 304 g/mol. The van der Waals surface area contributed by atoms with Crippen LogP contribution in [0.3, 0.4) is 0 Å². The van der Waals surface area contributed by atoms with Crippen molar-refractivity contribution in [3.63, 3.8) is 0 Å². The molecule has 1 aliphatic heterocycles. The fourth-order valence-corrected chi connectivity index (χ4v) is 2.45. The van der Waals surface area contributed by atoms with Crippen LogP contribution in [0.15, 0.2) is 46.6 Å². The first kappa shape index (κ1) is 14.8. The summed E-state index contributed by atoms with van der Waals surface area (Å²) in [6.07, 6.45) is 3.63. The van der Waals surface area contributed by atoms with Gasteiger partial charge in [0.05, 0.1) is 6.61 Å². The molecule has 1 atom stereocenters. The van der Waals surface area contributed by atoms with Crippen LogP contribution >= 0.6 is 11.6 Å². The van der Waals surface area contributed by atoms with Gasteiger partial charge >= 0.3 is 0 Å². The Labute approximate surface area is 133 Å². The molecule has 0 bridgehead atoms. The molecule has 0 fully saturated rings. The van der Waals surface area contributed by atoms with Crippen LogP contribution in [0.25, 0.3) is 0 Å². The summed E-state index contributed by atoms with van der Waals surface area (Å²) in [7, 11) is 0. The largest absolute Gasteiger partial charge is 0.391 e. The molecule has 0 saturated heterocycles. The minimum absolute atomic E-state index is 0.249. The Balaban J connectivity index is 1.85. The zero-order chi connectivity index (χ0) is 15.4. The SMILES string of the molecule is C=CCON=Cc1onc2c1CCOC2c1ccc(Cl)cc1. The van der Waals surface area contributed by atoms with Crippen molar-refractivity contribution in [3.8, 4) is 0 Å². The normalized spacial score (nSPS) is 17.4. The topological polar surface area (TPSA) is 56.9 Å². The van der Waals surface area contributed by atoms with E-state index in [2.05, 4.69) is 16.9 Å². The van der Waals surface area contributed by atoms with Crippen molar-refractivity contribution in [2.45, 2.75) is 12.5 Å². The summed E-state index contributed by atoms with van der Waals surface area (Å²) in [5.41, 5.74) is 2.76. The monoisotopic (exact) mass is 318 g/mol. The van der Waals surface area contributed by atoms with Crippen LogP contribution in [-0.4, -0.2) is 24.6 Å². The fraction of sp³-hybridized carbons (Fsp3) is 0.250. The van der Waals surface area contributed by atoms with E-state index in [1.165, 1.54) is 6.21 Å². The van der Waals surface area contributed by atoms with E-state index in [-0.39, 0.29) is 6.10 Å². The van der Waals surface area contributed by atoms with Crippen LogP contribution in [0.1, 0.15) is 28.7 Å². The molecule has 2 heterocycles. The van der Waals surface area contributed by atoms with Gasteiger partial charge in [-0.25, -0.2) is 0 Å². The molecule has 0 amide bonds. The molecule has 0 saturated carbocycles. The molecule has 1 aromatic carbocycles. The van der Waals surface area contributed by atoms with Crippen molar-refractivity contribution in [2.24, 2.45) is 5.16 Å². The summed E-state index contributed by atoms with van der Waals surface area (Å²) in [5.74, 6) is 0.598. The Hall–Kier alpha value is -2.11. The molecule has 3 rings (SSSR count). The standard InChI is InChI=1S/C16H15ClN2O3/c1-2-8-21-18-10-14-13-7-9-20-16(15(13)19-22-14)11-3-5-12(17)6-4-11/h2-6,10,16H,1,7-9H2. The van der Waals surface area contributed by atoms with Crippen LogP contribution in [0.5, 0.6) is 0 Å². The van der Waals surface area contributed by atoms with E-state index in [1.807, 2.05) is 24.3 Å². The lowest BCUT2D eigenvalue weighted by molar-refractivity contribution is 0.0657. The molecular formula is C16H15ClN2O3. The third kappa shape index (κ3) is 3.05. The maximum atomic E-state index is 5.92. The minimum Gasteiger partial charge on any atom is -0.391 e. The number of ether oxygens (including phenoxy) is 1. The molecule has 6 heteroatoms. The molecule has 0 spiro atoms. The molecule has 1 aliphatic rings. The highest BCUT2D eigenvalue weighted by Crippen LogP contribution is 2.33. The highest BCUT2D eigenvalue weighted by Gasteiger charge is 2.29. The summed E-state index contributed by atoms with van der Waals surface area (Å²) < 4.78 is 11.2. The average molecular weight is 319 g/mol. The van der Waals surface area contributed by atoms with E-state index in [9.17, 15) is 0 Å². The highest BCUT2D eigenvalue weighted by atomic mass is 35.5. The Kier molecular flexibility index (Phi) is 4.56. The van der Waals surface area contributed by atoms with Gasteiger partial charge in [-0.1, -0.05) is 46.7 Å². The van der Waals surface area contributed by atoms with E-state index in [0.717, 1.165) is 23.2 Å². The average Bonchev–Trinajstić information content (AvgIpc) is 2.96. The van der Waals surface area contributed by atoms with Crippen molar-refractivity contribution in [1.82, 2.24) is 5.16 Å². The molecule has 0 radical (unpaired) electrons. The van der Waals surface area contributed by atoms with Gasteiger partial charge < -0.3 is 14.1 Å². The maximum absolute atomic E-state index is 5.92. The van der Waals surface area contributed by atoms with E-state index < -0.39 is 0 Å². The number of rotatable bonds is 5. The number of benzene rings is 1. The number of fused-ring (bicyclic) bond motifs is 1. The lowest BCUT2D eigenvalue weighted by atomic mass is 9.98. The van der Waals surface area contributed by atoms with Gasteiger partial charge in [-0.3, -0.25) is 0 Å². The predicted molar refractivity (Wildman–Crippen MR) is 83.2 cm³/mol. The van der Waals surface area contributed by atoms with Crippen LogP contribution in [0, 0.1) is 0 Å². The van der Waals surface area contributed by atoms with E-state index in [1.54, 1.807) is 6.08 Å². The second-order valence-corrected chi connectivity index (χ2v) is 5.22. The van der Waals surface area contributed by atoms with Crippen LogP contribution in [-0.2, 0) is 16.0 Å². The zero-order valence-electron chi connectivity index (χ0n) is 11.9. The quantitative estimate of drug-likeness (QED) is 0.366. The predicted octanol–water partition coefficient (Wildman–Crippen LogP) is 3.53. The number of nitrogens with zero attached hydrogens (tertiary/aromatic N) is 2. The van der Waals surface area contributed by atoms with Gasteiger partial charge in [0, 0.05) is 17.0 Å². The molecule has 1 unspecified atom stereocenters. The summed E-state index contributed by atoms with van der Waals surface area (Å²) in [6, 6.07) is 7.52. The number of hydrogen-bond donors (Lipinski definition) is 0. The fourth-order valence-electron chi connectivity index (χ4n) is 2.32. The molecule has 0 aliphatic carbocycles. The number of halogens is 1. The molecule has 0 N–H and O–H groups in total. The van der Waals surface area contributed by atoms with Gasteiger partial charge in [0.2, 0.25) is 0 Å². The van der Waals surface area contributed by atoms with Gasteiger partial charge in [0.15, 0.2) is 5.76 Å². The number of oxime groups is 1. The van der Waals surface area contributed by atoms with Crippen molar-refractivity contribution in [1.29, 1.82) is 0 Å². The zero-order valence-corrected chi connectivity index (χ0v) is 12.6. The van der Waals surface area contributed by atoms with E-state index >= 15 is 0 Å². The molecule has 22 heavy (non-hydrogen) atoms. The summed E-state index contributed by atoms with van der Waals surface area (Å²) in [6.45, 7) is 4.50. The molecule has 1 aromatic heterocycles. The van der Waals surface area contributed by atoms with Crippen molar-refractivity contribution in [2.75, 3.05) is 13.2 Å². The maximum Gasteiger partial charge on any atom is 0.184 e. The summed E-state index contributed by atoms with van der Waals surface area (Å²) >= 11 is 5.92. The minimum atomic E-state index is -0.249. The summed E-state index contributed by atoms with van der Waals surface area (Å²) in [4.78, 5) is 4.99. The third-order valence-electron chi connectivity index (χ3n) is 3.34. The first-order chi connectivity index (χ1) is 10.8. The first-order valence-corrected chi connectivity index (χ1v) is 7.29. The van der Waals surface area contributed by atoms with Crippen molar-refractivity contribution >= 4 is 17.8 Å². The number of hydrogen-bond acceptors (Lipinski definition) is 5. The van der Waals surface area contributed by atoms with Gasteiger partial charge in [0.1, 0.15) is 24.6 Å². The Bertz CT molecular complexity index is 679. The smallest absolute Gasteiger partial charge is 0.184 e. The van der Waals surface area contributed by atoms with Crippen LogP contribution < -0.4 is 0 Å². The summed E-state index contributed by atoms with van der Waals surface area (Å²) in [5, 5.41) is 8.66. The third-order valence-corrected chi connectivity index (χ3v) is 3.60. The molecule has 114 valence electrons. The van der Waals surface area contributed by atoms with Gasteiger partial charge in [-0.05, 0) is 17.7 Å². The second kappa shape index (κ2) is 6.77. The van der Waals surface area contributed by atoms with Crippen LogP contribution in [0.4, 0.5) is 0 Å². The lowest BCUT2D eigenvalue weighted by Gasteiger charge is -2.21. The van der Waals surface area contributed by atoms with Gasteiger partial charge in [-0.2, -0.15) is 0 Å². The van der Waals surface area contributed by atoms with Crippen LogP contribution in [0.2, 0.25) is 5.02 Å². The van der Waals surface area contributed by atoms with Crippen molar-refractivity contribution < 1.29 is 14.1 Å². The van der Waals surface area contributed by atoms with Gasteiger partial charge in [0.25, 0.3) is 0 Å². The Morgan fingerprint density at radius 1 is 1.41 bits per heavy atom.